The maximum absolute atomic E-state index is 13.1. The van der Waals surface area contributed by atoms with Crippen molar-refractivity contribution in [2.24, 2.45) is 0 Å². The average Bonchev–Trinajstić information content (AvgIpc) is 3.45. The normalized spacial score (nSPS) is 13.6. The molecule has 254 valence electrons. The number of para-hydroxylation sites is 2. The van der Waals surface area contributed by atoms with Crippen LogP contribution in [0.5, 0.6) is 11.5 Å². The molecule has 6 aromatic rings. The third kappa shape index (κ3) is 6.56. The van der Waals surface area contributed by atoms with E-state index in [9.17, 15) is 9.59 Å². The first-order valence-electron chi connectivity index (χ1n) is 16.6. The number of halogens is 2. The van der Waals surface area contributed by atoms with Gasteiger partial charge in [-0.3, -0.25) is 9.59 Å². The van der Waals surface area contributed by atoms with Crippen molar-refractivity contribution in [3.05, 3.63) is 178 Å². The predicted molar refractivity (Wildman–Crippen MR) is 204 cm³/mol. The fourth-order valence-corrected chi connectivity index (χ4v) is 7.05. The molecule has 0 saturated heterocycles. The predicted octanol–water partition coefficient (Wildman–Crippen LogP) is 10.2. The summed E-state index contributed by atoms with van der Waals surface area (Å²) in [6.07, 6.45) is -1.54. The van der Waals surface area contributed by atoms with Crippen LogP contribution in [-0.2, 0) is 15.0 Å². The van der Waals surface area contributed by atoms with Crippen LogP contribution in [0.15, 0.2) is 146 Å². The van der Waals surface area contributed by atoms with Gasteiger partial charge in [-0.25, -0.2) is 0 Å². The maximum atomic E-state index is 13.1. The number of rotatable bonds is 10. The lowest BCUT2D eigenvalue weighted by molar-refractivity contribution is -0.122. The van der Waals surface area contributed by atoms with E-state index in [1.807, 2.05) is 48.5 Å². The fourth-order valence-electron chi connectivity index (χ4n) is 6.69. The van der Waals surface area contributed by atoms with Crippen molar-refractivity contribution in [1.82, 2.24) is 0 Å². The van der Waals surface area contributed by atoms with Crippen LogP contribution in [-0.4, -0.2) is 24.0 Å². The second-order valence-corrected chi connectivity index (χ2v) is 13.2. The van der Waals surface area contributed by atoms with E-state index in [4.69, 9.17) is 32.7 Å². The van der Waals surface area contributed by atoms with Gasteiger partial charge >= 0.3 is 0 Å². The van der Waals surface area contributed by atoms with E-state index in [1.54, 1.807) is 38.1 Å². The molecule has 0 heterocycles. The SMILES string of the molecule is C[C@H](Oc1ccccc1Cl)C(=O)Nc1ccc(C2(c3ccc(NC(=O)[C@@H](C)Oc4ccccc4Cl)cc3)c3ccccc3-c3ccccc32)cc1. The first-order valence-corrected chi connectivity index (χ1v) is 17.4. The Balaban J connectivity index is 1.19. The lowest BCUT2D eigenvalue weighted by Gasteiger charge is -2.34. The molecule has 6 nitrogen and oxygen atoms in total. The Morgan fingerprint density at radius 1 is 0.510 bits per heavy atom. The Labute approximate surface area is 307 Å². The van der Waals surface area contributed by atoms with Crippen LogP contribution in [0.1, 0.15) is 36.1 Å². The van der Waals surface area contributed by atoms with Gasteiger partial charge in [0.25, 0.3) is 11.8 Å². The van der Waals surface area contributed by atoms with Crippen LogP contribution < -0.4 is 20.1 Å². The molecule has 0 aromatic heterocycles. The average molecular weight is 714 g/mol. The van der Waals surface area contributed by atoms with Gasteiger partial charge in [0.05, 0.1) is 15.5 Å². The standard InChI is InChI=1S/C43H34Cl2N2O4/c1-27(50-39-17-9-7-15-37(39)44)41(48)46-31-23-19-29(20-24-31)43(35-13-5-3-11-33(35)34-12-4-6-14-36(34)43)30-21-25-32(26-22-30)47-42(49)28(2)51-40-18-10-8-16-38(40)45/h3-28H,1-2H3,(H,46,48)(H,47,49)/t27-,28+. The summed E-state index contributed by atoms with van der Waals surface area (Å²) in [5.74, 6) is 0.308. The van der Waals surface area contributed by atoms with Crippen molar-refractivity contribution < 1.29 is 19.1 Å². The monoisotopic (exact) mass is 712 g/mol. The molecule has 0 saturated carbocycles. The number of amides is 2. The Morgan fingerprint density at radius 2 is 0.863 bits per heavy atom. The first-order chi connectivity index (χ1) is 24.8. The van der Waals surface area contributed by atoms with Gasteiger partial charge < -0.3 is 20.1 Å². The van der Waals surface area contributed by atoms with Crippen LogP contribution in [0, 0.1) is 0 Å². The van der Waals surface area contributed by atoms with Crippen molar-refractivity contribution in [3.8, 4) is 22.6 Å². The zero-order chi connectivity index (χ0) is 35.5. The molecule has 2 N–H and O–H groups in total. The zero-order valence-electron chi connectivity index (χ0n) is 27.9. The Hall–Kier alpha value is -5.56. The van der Waals surface area contributed by atoms with Gasteiger partial charge in [-0.15, -0.1) is 0 Å². The Morgan fingerprint density at radius 3 is 1.25 bits per heavy atom. The van der Waals surface area contributed by atoms with E-state index in [-0.39, 0.29) is 11.8 Å². The van der Waals surface area contributed by atoms with E-state index < -0.39 is 17.6 Å². The molecule has 0 spiro atoms. The minimum Gasteiger partial charge on any atom is -0.479 e. The lowest BCUT2D eigenvalue weighted by atomic mass is 9.67. The summed E-state index contributed by atoms with van der Waals surface area (Å²) in [4.78, 5) is 26.2. The second-order valence-electron chi connectivity index (χ2n) is 12.4. The van der Waals surface area contributed by atoms with Gasteiger partial charge in [0.1, 0.15) is 11.5 Å². The summed E-state index contributed by atoms with van der Waals surface area (Å²) in [5.41, 5.74) is 7.25. The molecule has 2 amide bonds. The molecular formula is C43H34Cl2N2O4. The number of fused-ring (bicyclic) bond motifs is 3. The summed E-state index contributed by atoms with van der Waals surface area (Å²) < 4.78 is 11.7. The molecule has 0 aliphatic heterocycles. The zero-order valence-corrected chi connectivity index (χ0v) is 29.4. The van der Waals surface area contributed by atoms with E-state index in [0.29, 0.717) is 32.9 Å². The fraction of sp³-hybridized carbons (Fsp3) is 0.116. The number of anilines is 2. The molecule has 0 radical (unpaired) electrons. The number of hydrogen-bond donors (Lipinski definition) is 2. The smallest absolute Gasteiger partial charge is 0.265 e. The van der Waals surface area contributed by atoms with Crippen molar-refractivity contribution in [3.63, 3.8) is 0 Å². The molecule has 51 heavy (non-hydrogen) atoms. The highest BCUT2D eigenvalue weighted by atomic mass is 35.5. The Kier molecular flexibility index (Phi) is 9.54. The van der Waals surface area contributed by atoms with Gasteiger partial charge in [0.15, 0.2) is 12.2 Å². The summed E-state index contributed by atoms with van der Waals surface area (Å²) in [6.45, 7) is 3.38. The van der Waals surface area contributed by atoms with Crippen LogP contribution in [0.3, 0.4) is 0 Å². The van der Waals surface area contributed by atoms with E-state index in [1.165, 1.54) is 0 Å². The highest BCUT2D eigenvalue weighted by molar-refractivity contribution is 6.32. The number of hydrogen-bond acceptors (Lipinski definition) is 4. The number of benzene rings is 6. The molecule has 0 unspecified atom stereocenters. The highest BCUT2D eigenvalue weighted by Crippen LogP contribution is 2.56. The van der Waals surface area contributed by atoms with Crippen molar-refractivity contribution in [1.29, 1.82) is 0 Å². The third-order valence-corrected chi connectivity index (χ3v) is 9.77. The van der Waals surface area contributed by atoms with Gasteiger partial charge in [-0.2, -0.15) is 0 Å². The topological polar surface area (TPSA) is 76.7 Å². The van der Waals surface area contributed by atoms with E-state index in [0.717, 1.165) is 33.4 Å². The number of nitrogens with one attached hydrogen (secondary N) is 2. The molecule has 0 fully saturated rings. The minimum atomic E-state index is -0.769. The summed E-state index contributed by atoms with van der Waals surface area (Å²) in [7, 11) is 0. The molecule has 6 aromatic carbocycles. The molecule has 1 aliphatic rings. The van der Waals surface area contributed by atoms with Crippen molar-refractivity contribution >= 4 is 46.4 Å². The van der Waals surface area contributed by atoms with Crippen LogP contribution in [0.4, 0.5) is 11.4 Å². The maximum Gasteiger partial charge on any atom is 0.265 e. The number of carbonyl (C=O) groups excluding carboxylic acids is 2. The largest absolute Gasteiger partial charge is 0.479 e. The van der Waals surface area contributed by atoms with E-state index >= 15 is 0 Å². The minimum absolute atomic E-state index is 0.293. The number of ether oxygens (including phenoxy) is 2. The van der Waals surface area contributed by atoms with Crippen LogP contribution in [0.2, 0.25) is 10.0 Å². The van der Waals surface area contributed by atoms with Crippen molar-refractivity contribution in [2.45, 2.75) is 31.5 Å². The molecule has 1 aliphatic carbocycles. The first kappa shape index (κ1) is 33.9. The van der Waals surface area contributed by atoms with Crippen molar-refractivity contribution in [2.75, 3.05) is 10.6 Å². The lowest BCUT2D eigenvalue weighted by Crippen LogP contribution is -2.31. The summed E-state index contributed by atoms with van der Waals surface area (Å²) in [5, 5.41) is 6.84. The molecule has 2 atom stereocenters. The van der Waals surface area contributed by atoms with Crippen LogP contribution in [0.25, 0.3) is 11.1 Å². The molecular weight excluding hydrogens is 679 g/mol. The summed E-state index contributed by atoms with van der Waals surface area (Å²) in [6, 6.07) is 46.9. The molecule has 7 rings (SSSR count). The van der Waals surface area contributed by atoms with Gasteiger partial charge in [0.2, 0.25) is 0 Å². The summed E-state index contributed by atoms with van der Waals surface area (Å²) >= 11 is 12.5. The quantitative estimate of drug-likeness (QED) is 0.148. The van der Waals surface area contributed by atoms with Crippen LogP contribution >= 0.6 is 23.2 Å². The third-order valence-electron chi connectivity index (χ3n) is 9.14. The van der Waals surface area contributed by atoms with E-state index in [2.05, 4.69) is 83.4 Å². The number of carbonyl (C=O) groups is 2. The highest BCUT2D eigenvalue weighted by Gasteiger charge is 2.45. The van der Waals surface area contributed by atoms with Gasteiger partial charge in [-0.05, 0) is 95.8 Å². The van der Waals surface area contributed by atoms with Gasteiger partial charge in [-0.1, -0.05) is 120 Å². The molecule has 8 heteroatoms. The second kappa shape index (κ2) is 14.4. The Bertz CT molecular complexity index is 2060. The molecule has 0 bridgehead atoms. The van der Waals surface area contributed by atoms with Gasteiger partial charge in [0, 0.05) is 11.4 Å².